The summed E-state index contributed by atoms with van der Waals surface area (Å²) in [6.45, 7) is 8.15. The molecule has 0 heterocycles. The number of Topliss-reactive ketones (excluding diaryl/α,β-unsaturated/α-hetero) is 3. The van der Waals surface area contributed by atoms with Crippen molar-refractivity contribution < 1.29 is 58.8 Å². The Balaban J connectivity index is 5.97. The molecule has 0 fully saturated rings. The largest absolute Gasteiger partial charge is 0.396 e. The van der Waals surface area contributed by atoms with E-state index in [-0.39, 0.29) is 48.9 Å². The normalized spacial score (nSPS) is 16.3. The van der Waals surface area contributed by atoms with Gasteiger partial charge in [-0.05, 0) is 65.3 Å². The molecule has 0 saturated carbocycles. The molecule has 5 amide bonds. The van der Waals surface area contributed by atoms with E-state index in [1.165, 1.54) is 13.8 Å². The maximum absolute atomic E-state index is 13.7. The van der Waals surface area contributed by atoms with Crippen molar-refractivity contribution in [2.75, 3.05) is 26.3 Å². The van der Waals surface area contributed by atoms with E-state index in [2.05, 4.69) is 26.3 Å². The number of ketones is 3. The van der Waals surface area contributed by atoms with Crippen molar-refractivity contribution in [1.82, 2.24) is 21.3 Å². The van der Waals surface area contributed by atoms with Crippen LogP contribution in [0.15, 0.2) is 4.99 Å². The maximum atomic E-state index is 13.7. The summed E-state index contributed by atoms with van der Waals surface area (Å²) < 4.78 is 0. The van der Waals surface area contributed by atoms with Crippen LogP contribution in [-0.4, -0.2) is 136 Å². The zero-order valence-electron chi connectivity index (χ0n) is 35.9. The predicted octanol–water partition coefficient (Wildman–Crippen LogP) is -3.23. The quantitative estimate of drug-likeness (QED) is 0.0180. The van der Waals surface area contributed by atoms with Crippen LogP contribution in [-0.2, 0) is 38.4 Å². The zero-order valence-corrected chi connectivity index (χ0v) is 35.9. The molecule has 21 heteroatoms. The van der Waals surface area contributed by atoms with E-state index in [0.717, 1.165) is 19.8 Å². The number of hydrogen-bond donors (Lipinski definition) is 12. The average molecular weight is 858 g/mol. The number of primary amides is 1. The Bertz CT molecular complexity index is 1460. The van der Waals surface area contributed by atoms with E-state index in [1.807, 2.05) is 13.8 Å². The highest BCUT2D eigenvalue weighted by Crippen LogP contribution is 2.19. The molecule has 344 valence electrons. The number of aliphatic imine (C=N–C) groups is 1. The molecular weight excluding hydrogens is 786 g/mol. The minimum atomic E-state index is -1.67. The van der Waals surface area contributed by atoms with Crippen molar-refractivity contribution in [3.8, 4) is 0 Å². The molecule has 0 unspecified atom stereocenters. The van der Waals surface area contributed by atoms with Gasteiger partial charge in [0.2, 0.25) is 29.5 Å². The van der Waals surface area contributed by atoms with Gasteiger partial charge in [-0.15, -0.1) is 0 Å². The molecule has 10 atom stereocenters. The van der Waals surface area contributed by atoms with Crippen LogP contribution in [0, 0.1) is 29.6 Å². The van der Waals surface area contributed by atoms with Crippen LogP contribution in [0.4, 0.5) is 0 Å². The number of rotatable bonds is 32. The molecule has 60 heavy (non-hydrogen) atoms. The number of nitrogens with one attached hydrogen (secondary N) is 4. The Morgan fingerprint density at radius 1 is 0.600 bits per heavy atom. The molecule has 21 nitrogen and oxygen atoms in total. The first-order chi connectivity index (χ1) is 28.0. The van der Waals surface area contributed by atoms with Crippen LogP contribution in [0.25, 0.3) is 0 Å². The van der Waals surface area contributed by atoms with Gasteiger partial charge in [0.1, 0.15) is 12.1 Å². The molecule has 0 aliphatic rings. The highest BCUT2D eigenvalue weighted by molar-refractivity contribution is 5.97. The minimum absolute atomic E-state index is 0.0203. The molecule has 0 spiro atoms. The first-order valence-corrected chi connectivity index (χ1v) is 20.4. The van der Waals surface area contributed by atoms with Crippen LogP contribution in [0.5, 0.6) is 0 Å². The van der Waals surface area contributed by atoms with Gasteiger partial charge in [0, 0.05) is 37.6 Å². The predicted molar refractivity (Wildman–Crippen MR) is 221 cm³/mol. The van der Waals surface area contributed by atoms with E-state index < -0.39 is 115 Å². The second-order valence-corrected chi connectivity index (χ2v) is 15.9. The second-order valence-electron chi connectivity index (χ2n) is 15.9. The summed E-state index contributed by atoms with van der Waals surface area (Å²) in [4.78, 5) is 108. The maximum Gasteiger partial charge on any atom is 0.242 e. The molecule has 0 radical (unpaired) electrons. The van der Waals surface area contributed by atoms with Crippen molar-refractivity contribution in [3.63, 3.8) is 0 Å². The third-order valence-corrected chi connectivity index (χ3v) is 9.96. The van der Waals surface area contributed by atoms with Gasteiger partial charge in [0.05, 0.1) is 49.3 Å². The Morgan fingerprint density at radius 2 is 1.18 bits per heavy atom. The fourth-order valence-corrected chi connectivity index (χ4v) is 6.16. The second kappa shape index (κ2) is 28.8. The Hall–Kier alpha value is -4.57. The molecule has 16 N–H and O–H groups in total. The molecule has 0 aliphatic heterocycles. The molecule has 0 rings (SSSR count). The Labute approximate surface area is 352 Å². The van der Waals surface area contributed by atoms with Gasteiger partial charge in [-0.25, -0.2) is 0 Å². The van der Waals surface area contributed by atoms with Crippen molar-refractivity contribution in [1.29, 1.82) is 0 Å². The number of carbonyl (C=O) groups is 8. The van der Waals surface area contributed by atoms with E-state index in [4.69, 9.17) is 22.9 Å². The van der Waals surface area contributed by atoms with Gasteiger partial charge in [-0.1, -0.05) is 27.2 Å². The van der Waals surface area contributed by atoms with E-state index in [9.17, 15) is 58.8 Å². The van der Waals surface area contributed by atoms with E-state index in [1.54, 1.807) is 6.92 Å². The fraction of sp³-hybridized carbons (Fsp3) is 0.769. The average Bonchev–Trinajstić information content (AvgIpc) is 3.16. The molecule has 0 aromatic carbocycles. The van der Waals surface area contributed by atoms with Gasteiger partial charge in [-0.3, -0.25) is 43.3 Å². The number of nitrogens with zero attached hydrogens (tertiary/aromatic N) is 1. The van der Waals surface area contributed by atoms with Gasteiger partial charge >= 0.3 is 0 Å². The topological polar surface area (TPSA) is 382 Å². The highest BCUT2D eigenvalue weighted by Gasteiger charge is 2.36. The van der Waals surface area contributed by atoms with Crippen LogP contribution in [0.2, 0.25) is 0 Å². The lowest BCUT2D eigenvalue weighted by Crippen LogP contribution is -2.53. The molecule has 0 aliphatic carbocycles. The summed E-state index contributed by atoms with van der Waals surface area (Å²) in [6.07, 6.45) is -1.82. The lowest BCUT2D eigenvalue weighted by Gasteiger charge is -2.27. The first-order valence-electron chi connectivity index (χ1n) is 20.4. The van der Waals surface area contributed by atoms with Crippen molar-refractivity contribution in [2.45, 2.75) is 136 Å². The zero-order chi connectivity index (χ0) is 46.3. The number of carbonyl (C=O) groups excluding carboxylic acids is 8. The molecule has 0 saturated heterocycles. The summed E-state index contributed by atoms with van der Waals surface area (Å²) >= 11 is 0. The number of aliphatic hydroxyl groups excluding tert-OH is 4. The molecular formula is C39H71N9O12. The Kier molecular flexibility index (Phi) is 26.6. The number of unbranched alkanes of at least 4 members (excludes halogenated alkanes) is 1. The number of nitrogens with two attached hydrogens (primary N) is 4. The van der Waals surface area contributed by atoms with Gasteiger partial charge in [0.25, 0.3) is 0 Å². The lowest BCUT2D eigenvalue weighted by atomic mass is 9.89. The van der Waals surface area contributed by atoms with Crippen LogP contribution in [0.1, 0.15) is 99.3 Å². The summed E-state index contributed by atoms with van der Waals surface area (Å²) in [5.41, 5.74) is 21.6. The van der Waals surface area contributed by atoms with Gasteiger partial charge < -0.3 is 64.6 Å². The molecule has 0 aromatic rings. The van der Waals surface area contributed by atoms with Crippen LogP contribution < -0.4 is 44.2 Å². The Morgan fingerprint density at radius 3 is 1.68 bits per heavy atom. The van der Waals surface area contributed by atoms with Crippen LogP contribution >= 0.6 is 0 Å². The van der Waals surface area contributed by atoms with Crippen LogP contribution in [0.3, 0.4) is 0 Å². The molecule has 0 aromatic heterocycles. The van der Waals surface area contributed by atoms with Gasteiger partial charge in [0.15, 0.2) is 23.3 Å². The number of aliphatic hydroxyl groups is 4. The SMILES string of the molecule is CC(C)C[C@H](NC(=O)[C@@H](C)CCCCN)C(=O)C[C@@H](CCCN=C(N)N)C(=O)N[C@@H](C)C(=O)C[C@@H](CO)C(=O)N[C@H](C(=O)C[C@H](C(=O)N[C@@H](CO)C(N)=O)[C@@H](C)O)[C@@H](C)O. The fourth-order valence-electron chi connectivity index (χ4n) is 6.16. The highest BCUT2D eigenvalue weighted by atomic mass is 16.3. The summed E-state index contributed by atoms with van der Waals surface area (Å²) in [7, 11) is 0. The number of guanidine groups is 1. The van der Waals surface area contributed by atoms with Crippen molar-refractivity contribution in [3.05, 3.63) is 0 Å². The third kappa shape index (κ3) is 21.1. The van der Waals surface area contributed by atoms with Crippen molar-refractivity contribution >= 4 is 52.8 Å². The standard InChI is InChI=1S/C39H71N9O12/c1-20(2)14-28(46-35(57)21(3)10-7-8-12-40)31(54)15-25(11-9-13-44-39(42)43)36(58)45-22(4)30(53)16-26(18-49)37(59)48-33(24(6)52)32(55)17-27(23(5)51)38(60)47-29(19-50)34(41)56/h20-29,33,49-52H,7-19,40H2,1-6H3,(H2,41,56)(H,45,58)(H,46,57)(H,47,60)(H,48,59)(H4,42,43,44)/t21-,22-,23+,24+,25+,26-,27-,28-,29-,33-/m0/s1. The number of hydrogen-bond acceptors (Lipinski definition) is 14. The lowest BCUT2D eigenvalue weighted by molar-refractivity contribution is -0.139. The third-order valence-electron chi connectivity index (χ3n) is 9.96. The van der Waals surface area contributed by atoms with Gasteiger partial charge in [-0.2, -0.15) is 0 Å². The smallest absolute Gasteiger partial charge is 0.242 e. The number of amides is 5. The summed E-state index contributed by atoms with van der Waals surface area (Å²) in [6, 6.07) is -5.28. The van der Waals surface area contributed by atoms with Crippen molar-refractivity contribution in [2.24, 2.45) is 57.5 Å². The summed E-state index contributed by atoms with van der Waals surface area (Å²) in [5, 5.41) is 49.7. The molecule has 0 bridgehead atoms. The van der Waals surface area contributed by atoms with E-state index >= 15 is 0 Å². The monoisotopic (exact) mass is 858 g/mol. The minimum Gasteiger partial charge on any atom is -0.396 e. The first kappa shape index (κ1) is 55.4. The summed E-state index contributed by atoms with van der Waals surface area (Å²) in [5.74, 6) is -10.5. The van der Waals surface area contributed by atoms with E-state index in [0.29, 0.717) is 25.8 Å².